The lowest BCUT2D eigenvalue weighted by Crippen LogP contribution is -2.37. The molecule has 1 heterocycles. The number of aryl methyl sites for hydroxylation is 2. The predicted octanol–water partition coefficient (Wildman–Crippen LogP) is 11.6. The van der Waals surface area contributed by atoms with Crippen LogP contribution < -0.4 is 0 Å². The summed E-state index contributed by atoms with van der Waals surface area (Å²) in [5, 5.41) is 10.3. The van der Waals surface area contributed by atoms with Gasteiger partial charge >= 0.3 is 19.8 Å². The highest BCUT2D eigenvalue weighted by Crippen LogP contribution is 2.43. The third kappa shape index (κ3) is 31.5. The van der Waals surface area contributed by atoms with E-state index in [9.17, 15) is 24.2 Å². The lowest BCUT2D eigenvalue weighted by molar-refractivity contribution is -0.870. The zero-order valence-electron chi connectivity index (χ0n) is 39.4. The molecule has 12 heteroatoms. The first-order valence-electron chi connectivity index (χ1n) is 23.1. The van der Waals surface area contributed by atoms with Gasteiger partial charge in [0.15, 0.2) is 6.10 Å². The number of furan rings is 1. The first-order valence-corrected chi connectivity index (χ1v) is 24.6. The largest absolute Gasteiger partial charge is 0.472 e. The van der Waals surface area contributed by atoms with Gasteiger partial charge in [0.25, 0.3) is 0 Å². The molecule has 2 unspecified atom stereocenters. The zero-order chi connectivity index (χ0) is 45.9. The number of aliphatic hydroxyl groups is 1. The Morgan fingerprint density at radius 2 is 1.24 bits per heavy atom. The average Bonchev–Trinajstić information content (AvgIpc) is 3.49. The fourth-order valence-electron chi connectivity index (χ4n) is 6.12. The molecule has 0 aliphatic carbocycles. The van der Waals surface area contributed by atoms with Crippen LogP contribution in [-0.2, 0) is 45.5 Å². The molecular formula is C50H83NO10P+. The SMILES string of the molecule is CC/C=C\C/C=C\C/C=C\C/C=C\C/C=C\C=C/C(O)CCC(=O)OC[C@H](COP(=O)(O)OCC[N+](C)(C)C)OC(=O)CCCCCCCCc1oc(CCCCC)c(C)c1C. The molecule has 0 saturated heterocycles. The lowest BCUT2D eigenvalue weighted by atomic mass is 10.0. The molecule has 1 aromatic rings. The minimum absolute atomic E-state index is 0.0171. The van der Waals surface area contributed by atoms with Crippen LogP contribution in [0.2, 0.25) is 0 Å². The van der Waals surface area contributed by atoms with Crippen molar-refractivity contribution in [3.05, 3.63) is 95.6 Å². The monoisotopic (exact) mass is 889 g/mol. The summed E-state index contributed by atoms with van der Waals surface area (Å²) >= 11 is 0. The lowest BCUT2D eigenvalue weighted by Gasteiger charge is -2.24. The number of likely N-dealkylation sites (N-methyl/N-ethyl adjacent to an activating group) is 1. The molecule has 0 fully saturated rings. The van der Waals surface area contributed by atoms with E-state index in [1.807, 2.05) is 33.3 Å². The average molecular weight is 889 g/mol. The Bertz CT molecular complexity index is 1580. The van der Waals surface area contributed by atoms with Crippen molar-refractivity contribution in [3.63, 3.8) is 0 Å². The van der Waals surface area contributed by atoms with Crippen molar-refractivity contribution < 1.29 is 51.6 Å². The second kappa shape index (κ2) is 35.1. The number of hydrogen-bond acceptors (Lipinski definition) is 9. The third-order valence-corrected chi connectivity index (χ3v) is 11.1. The fourth-order valence-corrected chi connectivity index (χ4v) is 6.87. The summed E-state index contributed by atoms with van der Waals surface area (Å²) < 4.78 is 40.4. The van der Waals surface area contributed by atoms with Crippen LogP contribution in [0.15, 0.2) is 77.3 Å². The quantitative estimate of drug-likeness (QED) is 0.0166. The second-order valence-electron chi connectivity index (χ2n) is 16.8. The number of quaternary nitrogens is 1. The summed E-state index contributed by atoms with van der Waals surface area (Å²) in [6.07, 6.45) is 38.4. The number of unbranched alkanes of at least 4 members (excludes halogenated alkanes) is 7. The maximum absolute atomic E-state index is 12.8. The Hall–Kier alpha value is -3.31. The summed E-state index contributed by atoms with van der Waals surface area (Å²) in [5.74, 6) is 1.12. The van der Waals surface area contributed by atoms with Gasteiger partial charge in [-0.25, -0.2) is 4.57 Å². The van der Waals surface area contributed by atoms with Gasteiger partial charge in [-0.2, -0.15) is 0 Å². The molecule has 11 nitrogen and oxygen atoms in total. The van der Waals surface area contributed by atoms with Crippen LogP contribution in [-0.4, -0.2) is 86.1 Å². The summed E-state index contributed by atoms with van der Waals surface area (Å²) in [7, 11) is 1.31. The smallest absolute Gasteiger partial charge is 0.466 e. The van der Waals surface area contributed by atoms with Crippen molar-refractivity contribution in [3.8, 4) is 0 Å². The van der Waals surface area contributed by atoms with Crippen molar-refractivity contribution in [2.45, 2.75) is 162 Å². The molecule has 0 aliphatic rings. The van der Waals surface area contributed by atoms with Gasteiger partial charge in [-0.1, -0.05) is 125 Å². The first kappa shape index (κ1) is 56.7. The van der Waals surface area contributed by atoms with Crippen molar-refractivity contribution >= 4 is 19.8 Å². The Balaban J connectivity index is 2.48. The molecule has 3 atom stereocenters. The number of hydrogen-bond donors (Lipinski definition) is 2. The number of aliphatic hydroxyl groups excluding tert-OH is 1. The Kier molecular flexibility index (Phi) is 32.1. The number of allylic oxidation sites excluding steroid dienone is 11. The third-order valence-electron chi connectivity index (χ3n) is 10.1. The summed E-state index contributed by atoms with van der Waals surface area (Å²) in [5.41, 5.74) is 2.57. The van der Waals surface area contributed by atoms with E-state index < -0.39 is 38.6 Å². The molecule has 1 rings (SSSR count). The Labute approximate surface area is 375 Å². The van der Waals surface area contributed by atoms with E-state index in [4.69, 9.17) is 22.9 Å². The van der Waals surface area contributed by atoms with Crippen LogP contribution in [0, 0.1) is 13.8 Å². The topological polar surface area (TPSA) is 142 Å². The van der Waals surface area contributed by atoms with Crippen LogP contribution in [0.25, 0.3) is 0 Å². The van der Waals surface area contributed by atoms with Crippen molar-refractivity contribution in [1.29, 1.82) is 0 Å². The molecule has 62 heavy (non-hydrogen) atoms. The van der Waals surface area contributed by atoms with E-state index in [2.05, 4.69) is 76.3 Å². The number of carbonyl (C=O) groups is 2. The molecule has 1 aromatic heterocycles. The van der Waals surface area contributed by atoms with Gasteiger partial charge in [-0.15, -0.1) is 0 Å². The Morgan fingerprint density at radius 3 is 1.82 bits per heavy atom. The van der Waals surface area contributed by atoms with Crippen molar-refractivity contribution in [2.75, 3.05) is 47.5 Å². The van der Waals surface area contributed by atoms with Crippen LogP contribution in [0.4, 0.5) is 0 Å². The van der Waals surface area contributed by atoms with Crippen molar-refractivity contribution in [2.24, 2.45) is 0 Å². The van der Waals surface area contributed by atoms with Crippen LogP contribution in [0.3, 0.4) is 0 Å². The molecule has 0 aliphatic heterocycles. The van der Waals surface area contributed by atoms with E-state index in [0.717, 1.165) is 95.0 Å². The van der Waals surface area contributed by atoms with E-state index in [1.54, 1.807) is 12.2 Å². The maximum atomic E-state index is 12.8. The maximum Gasteiger partial charge on any atom is 0.472 e. The highest BCUT2D eigenvalue weighted by molar-refractivity contribution is 7.47. The van der Waals surface area contributed by atoms with E-state index in [-0.39, 0.29) is 32.5 Å². The van der Waals surface area contributed by atoms with E-state index in [1.165, 1.54) is 24.0 Å². The molecule has 0 bridgehead atoms. The van der Waals surface area contributed by atoms with Crippen LogP contribution in [0.1, 0.15) is 146 Å². The normalized spacial score (nSPS) is 14.7. The molecular weight excluding hydrogens is 806 g/mol. The van der Waals surface area contributed by atoms with Gasteiger partial charge < -0.3 is 28.4 Å². The number of nitrogens with zero attached hydrogens (tertiary/aromatic N) is 1. The van der Waals surface area contributed by atoms with Gasteiger partial charge in [-0.3, -0.25) is 18.6 Å². The number of esters is 2. The zero-order valence-corrected chi connectivity index (χ0v) is 40.3. The van der Waals surface area contributed by atoms with E-state index >= 15 is 0 Å². The minimum atomic E-state index is -4.46. The van der Waals surface area contributed by atoms with Gasteiger partial charge in [0, 0.05) is 25.7 Å². The summed E-state index contributed by atoms with van der Waals surface area (Å²) in [4.78, 5) is 35.6. The molecule has 0 aromatic carbocycles. The van der Waals surface area contributed by atoms with Gasteiger partial charge in [0.1, 0.15) is 31.3 Å². The van der Waals surface area contributed by atoms with Crippen LogP contribution >= 0.6 is 7.82 Å². The standard InChI is InChI=1S/C50H82NO10P/c1-8-10-12-13-14-15-16-17-18-19-20-21-22-23-26-30-33-45(52)37-38-49(53)57-41-46(42-59-62(55,56)58-40-39-51(5,6)7)60-50(54)36-32-28-25-24-27-31-35-48-44(4)43(3)47(61-48)34-29-11-9-2/h10,12,14-15,17-18,20-21,23,26,30,33,45-46,52H,8-9,11,13,16,19,22,24-25,27-29,31-32,34-42H2,1-7H3/p+1/b12-10-,15-14-,18-17-,21-20-,26-23-,33-30-/t45?,46-/m1/s1. The Morgan fingerprint density at radius 1 is 0.694 bits per heavy atom. The predicted molar refractivity (Wildman–Crippen MR) is 252 cm³/mol. The second-order valence-corrected chi connectivity index (χ2v) is 18.3. The molecule has 0 spiro atoms. The molecule has 2 N–H and O–H groups in total. The number of phosphoric acid groups is 1. The van der Waals surface area contributed by atoms with Gasteiger partial charge in [0.05, 0.1) is 33.9 Å². The van der Waals surface area contributed by atoms with Crippen LogP contribution in [0.5, 0.6) is 0 Å². The van der Waals surface area contributed by atoms with Crippen molar-refractivity contribution in [1.82, 2.24) is 0 Å². The summed E-state index contributed by atoms with van der Waals surface area (Å²) in [6.45, 7) is 8.24. The minimum Gasteiger partial charge on any atom is -0.466 e. The number of ether oxygens (including phenoxy) is 2. The van der Waals surface area contributed by atoms with Gasteiger partial charge in [-0.05, 0) is 82.8 Å². The molecule has 352 valence electrons. The number of rotatable bonds is 37. The van der Waals surface area contributed by atoms with Gasteiger partial charge in [0.2, 0.25) is 0 Å². The highest BCUT2D eigenvalue weighted by Gasteiger charge is 2.27. The van der Waals surface area contributed by atoms with E-state index in [0.29, 0.717) is 17.4 Å². The molecule has 0 radical (unpaired) electrons. The first-order chi connectivity index (χ1) is 29.7. The number of phosphoric ester groups is 1. The summed E-state index contributed by atoms with van der Waals surface area (Å²) in [6, 6.07) is 0. The molecule has 0 saturated carbocycles. The molecule has 0 amide bonds. The number of carbonyl (C=O) groups excluding carboxylic acids is 2. The fraction of sp³-hybridized carbons (Fsp3) is 0.640. The highest BCUT2D eigenvalue weighted by atomic mass is 31.2.